The lowest BCUT2D eigenvalue weighted by Gasteiger charge is -2.63. The lowest BCUT2D eigenvalue weighted by atomic mass is 9.40. The number of hydrogen-bond donors (Lipinski definition) is 1. The van der Waals surface area contributed by atoms with Gasteiger partial charge in [-0.05, 0) is 60.8 Å². The minimum atomic E-state index is -2.29. The van der Waals surface area contributed by atoms with Gasteiger partial charge < -0.3 is 5.11 Å². The molecule has 0 spiro atoms. The Morgan fingerprint density at radius 3 is 2.26 bits per heavy atom. The van der Waals surface area contributed by atoms with Gasteiger partial charge in [-0.25, -0.2) is 8.78 Å². The SMILES string of the molecule is O=C(O)C12CC3CC(c4ccccc4)(CC(C1)C3CC(F)F)C2. The van der Waals surface area contributed by atoms with Gasteiger partial charge >= 0.3 is 5.97 Å². The monoisotopic (exact) mass is 320 g/mol. The number of alkyl halides is 2. The summed E-state index contributed by atoms with van der Waals surface area (Å²) in [5, 5.41) is 9.86. The van der Waals surface area contributed by atoms with Crippen molar-refractivity contribution in [2.75, 3.05) is 0 Å². The van der Waals surface area contributed by atoms with E-state index in [0.717, 1.165) is 12.8 Å². The molecule has 1 N–H and O–H groups in total. The predicted molar refractivity (Wildman–Crippen MR) is 82.4 cm³/mol. The van der Waals surface area contributed by atoms with Crippen LogP contribution in [0.15, 0.2) is 30.3 Å². The van der Waals surface area contributed by atoms with Gasteiger partial charge in [0.2, 0.25) is 6.43 Å². The van der Waals surface area contributed by atoms with Crippen molar-refractivity contribution in [2.45, 2.75) is 50.4 Å². The normalized spacial score (nSPS) is 41.4. The Kier molecular flexibility index (Phi) is 3.30. The molecule has 0 amide bonds. The molecule has 0 aliphatic heterocycles. The molecule has 4 heteroatoms. The molecular formula is C19H22F2O2. The van der Waals surface area contributed by atoms with Gasteiger partial charge in [0.1, 0.15) is 0 Å². The highest BCUT2D eigenvalue weighted by atomic mass is 19.3. The average molecular weight is 320 g/mol. The zero-order valence-corrected chi connectivity index (χ0v) is 13.1. The second-order valence-electron chi connectivity index (χ2n) is 8.04. The van der Waals surface area contributed by atoms with Gasteiger partial charge in [0.05, 0.1) is 5.41 Å². The van der Waals surface area contributed by atoms with Gasteiger partial charge in [0, 0.05) is 6.42 Å². The molecule has 23 heavy (non-hydrogen) atoms. The fourth-order valence-electron chi connectivity index (χ4n) is 6.22. The van der Waals surface area contributed by atoms with Crippen LogP contribution in [0.3, 0.4) is 0 Å². The maximum atomic E-state index is 13.0. The second kappa shape index (κ2) is 5.02. The molecule has 4 aliphatic rings. The van der Waals surface area contributed by atoms with Crippen molar-refractivity contribution in [2.24, 2.45) is 23.2 Å². The van der Waals surface area contributed by atoms with Gasteiger partial charge in [-0.1, -0.05) is 30.3 Å². The quantitative estimate of drug-likeness (QED) is 0.887. The summed E-state index contributed by atoms with van der Waals surface area (Å²) >= 11 is 0. The maximum absolute atomic E-state index is 13.0. The summed E-state index contributed by atoms with van der Waals surface area (Å²) < 4.78 is 26.0. The van der Waals surface area contributed by atoms with Gasteiger partial charge in [0.15, 0.2) is 0 Å². The molecule has 0 aromatic heterocycles. The first-order valence-electron chi connectivity index (χ1n) is 8.51. The molecule has 5 rings (SSSR count). The minimum absolute atomic E-state index is 0.000359. The number of hydrogen-bond acceptors (Lipinski definition) is 1. The van der Waals surface area contributed by atoms with Gasteiger partial charge in [-0.2, -0.15) is 0 Å². The van der Waals surface area contributed by atoms with E-state index in [9.17, 15) is 18.7 Å². The third-order valence-electron chi connectivity index (χ3n) is 6.79. The molecule has 0 radical (unpaired) electrons. The molecule has 2 nitrogen and oxygen atoms in total. The third-order valence-corrected chi connectivity index (χ3v) is 6.79. The van der Waals surface area contributed by atoms with Crippen LogP contribution in [0.25, 0.3) is 0 Å². The number of carboxylic acids is 1. The average Bonchev–Trinajstić information content (AvgIpc) is 2.51. The van der Waals surface area contributed by atoms with Crippen LogP contribution in [0.1, 0.15) is 44.1 Å². The topological polar surface area (TPSA) is 37.3 Å². The molecule has 2 unspecified atom stereocenters. The van der Waals surface area contributed by atoms with E-state index in [1.165, 1.54) is 5.56 Å². The Bertz CT molecular complexity index is 597. The van der Waals surface area contributed by atoms with E-state index in [1.54, 1.807) is 0 Å². The van der Waals surface area contributed by atoms with E-state index in [1.807, 2.05) is 18.2 Å². The number of carbonyl (C=O) groups is 1. The number of aliphatic carboxylic acids is 1. The highest BCUT2D eigenvalue weighted by molar-refractivity contribution is 5.76. The van der Waals surface area contributed by atoms with Crippen molar-refractivity contribution in [1.29, 1.82) is 0 Å². The van der Waals surface area contributed by atoms with E-state index in [0.29, 0.717) is 19.3 Å². The first-order chi connectivity index (χ1) is 10.9. The summed E-state index contributed by atoms with van der Waals surface area (Å²) in [4.78, 5) is 12.0. The van der Waals surface area contributed by atoms with Crippen LogP contribution in [-0.2, 0) is 10.2 Å². The lowest BCUT2D eigenvalue weighted by molar-refractivity contribution is -0.176. The Labute approximate surface area is 134 Å². The van der Waals surface area contributed by atoms with Crippen molar-refractivity contribution in [3.8, 4) is 0 Å². The fourth-order valence-corrected chi connectivity index (χ4v) is 6.22. The van der Waals surface area contributed by atoms with Crippen molar-refractivity contribution >= 4 is 5.97 Å². The molecule has 0 saturated heterocycles. The Balaban J connectivity index is 1.74. The van der Waals surface area contributed by atoms with E-state index >= 15 is 0 Å². The van der Waals surface area contributed by atoms with Crippen LogP contribution in [0.5, 0.6) is 0 Å². The molecule has 4 aliphatic carbocycles. The largest absolute Gasteiger partial charge is 0.481 e. The predicted octanol–water partition coefficient (Wildman–Crippen LogP) is 4.49. The van der Waals surface area contributed by atoms with E-state index < -0.39 is 17.8 Å². The lowest BCUT2D eigenvalue weighted by Crippen LogP contribution is -2.60. The molecule has 2 atom stereocenters. The number of benzene rings is 1. The first kappa shape index (κ1) is 15.1. The summed E-state index contributed by atoms with van der Waals surface area (Å²) in [6.07, 6.45) is 1.25. The van der Waals surface area contributed by atoms with E-state index in [2.05, 4.69) is 12.1 Å². The Hall–Kier alpha value is -1.45. The summed E-state index contributed by atoms with van der Waals surface area (Å²) in [5.41, 5.74) is 0.389. The number of carboxylic acid groups (broad SMARTS) is 1. The Morgan fingerprint density at radius 2 is 1.74 bits per heavy atom. The first-order valence-corrected chi connectivity index (χ1v) is 8.51. The number of halogens is 2. The molecule has 4 fully saturated rings. The zero-order valence-electron chi connectivity index (χ0n) is 13.1. The van der Waals surface area contributed by atoms with Crippen LogP contribution < -0.4 is 0 Å². The van der Waals surface area contributed by atoms with E-state index in [4.69, 9.17) is 0 Å². The van der Waals surface area contributed by atoms with Crippen molar-refractivity contribution < 1.29 is 18.7 Å². The van der Waals surface area contributed by atoms with E-state index in [-0.39, 0.29) is 29.6 Å². The molecule has 124 valence electrons. The van der Waals surface area contributed by atoms with Gasteiger partial charge in [-0.3, -0.25) is 4.79 Å². The van der Waals surface area contributed by atoms with Gasteiger partial charge in [-0.15, -0.1) is 0 Å². The maximum Gasteiger partial charge on any atom is 0.309 e. The van der Waals surface area contributed by atoms with Gasteiger partial charge in [0.25, 0.3) is 0 Å². The fraction of sp³-hybridized carbons (Fsp3) is 0.632. The van der Waals surface area contributed by atoms with Crippen LogP contribution in [-0.4, -0.2) is 17.5 Å². The van der Waals surface area contributed by atoms with Crippen LogP contribution in [0.4, 0.5) is 8.78 Å². The van der Waals surface area contributed by atoms with Crippen LogP contribution >= 0.6 is 0 Å². The summed E-state index contributed by atoms with van der Waals surface area (Å²) in [6.45, 7) is 0. The van der Waals surface area contributed by atoms with Crippen molar-refractivity contribution in [3.05, 3.63) is 35.9 Å². The standard InChI is InChI=1S/C19H22F2O2/c20-16(21)6-15-12-7-18(14-4-2-1-3-5-14)8-13(15)10-19(9-12,11-18)17(22)23/h1-5,12-13,15-16H,6-11H2,(H,22,23). The summed E-state index contributed by atoms with van der Waals surface area (Å²) in [6, 6.07) is 10.1. The smallest absolute Gasteiger partial charge is 0.309 e. The highest BCUT2D eigenvalue weighted by Crippen LogP contribution is 2.68. The number of rotatable bonds is 4. The molecule has 4 saturated carbocycles. The van der Waals surface area contributed by atoms with Crippen molar-refractivity contribution in [3.63, 3.8) is 0 Å². The Morgan fingerprint density at radius 1 is 1.13 bits per heavy atom. The van der Waals surface area contributed by atoms with Crippen LogP contribution in [0, 0.1) is 23.2 Å². The third kappa shape index (κ3) is 2.21. The highest BCUT2D eigenvalue weighted by Gasteiger charge is 2.64. The van der Waals surface area contributed by atoms with Crippen molar-refractivity contribution in [1.82, 2.24) is 0 Å². The molecule has 4 bridgehead atoms. The molecular weight excluding hydrogens is 298 g/mol. The molecule has 1 aromatic carbocycles. The van der Waals surface area contributed by atoms with Crippen LogP contribution in [0.2, 0.25) is 0 Å². The molecule has 1 aromatic rings. The summed E-state index contributed by atoms with van der Waals surface area (Å²) in [5.74, 6) is -0.467. The molecule has 0 heterocycles. The summed E-state index contributed by atoms with van der Waals surface area (Å²) in [7, 11) is 0. The zero-order chi connectivity index (χ0) is 16.2. The second-order valence-corrected chi connectivity index (χ2v) is 8.04. The minimum Gasteiger partial charge on any atom is -0.481 e.